The lowest BCUT2D eigenvalue weighted by atomic mass is 9.96. The molecule has 11 heavy (non-hydrogen) atoms. The third kappa shape index (κ3) is 4.79. The van der Waals surface area contributed by atoms with Gasteiger partial charge in [0.15, 0.2) is 0 Å². The van der Waals surface area contributed by atoms with Crippen molar-refractivity contribution in [1.29, 1.82) is 0 Å². The van der Waals surface area contributed by atoms with Gasteiger partial charge in [-0.3, -0.25) is 4.79 Å². The van der Waals surface area contributed by atoms with Crippen LogP contribution >= 0.6 is 0 Å². The van der Waals surface area contributed by atoms with Crippen molar-refractivity contribution in [3.8, 4) is 0 Å². The zero-order valence-corrected chi connectivity index (χ0v) is 7.64. The SMILES string of the molecule is C[C@@H](O)CNC(=O)C(C)(C)C. The van der Waals surface area contributed by atoms with Gasteiger partial charge in [0.25, 0.3) is 0 Å². The second kappa shape index (κ2) is 3.72. The highest BCUT2D eigenvalue weighted by Crippen LogP contribution is 2.11. The Morgan fingerprint density at radius 1 is 1.55 bits per heavy atom. The fourth-order valence-corrected chi connectivity index (χ4v) is 0.506. The van der Waals surface area contributed by atoms with Crippen LogP contribution in [0.3, 0.4) is 0 Å². The van der Waals surface area contributed by atoms with Crippen LogP contribution in [0.4, 0.5) is 0 Å². The van der Waals surface area contributed by atoms with Crippen molar-refractivity contribution in [1.82, 2.24) is 5.32 Å². The van der Waals surface area contributed by atoms with E-state index in [0.29, 0.717) is 6.54 Å². The molecule has 0 fully saturated rings. The molecule has 1 amide bonds. The highest BCUT2D eigenvalue weighted by molar-refractivity contribution is 5.81. The Hall–Kier alpha value is -0.570. The second-order valence-corrected chi connectivity index (χ2v) is 3.81. The van der Waals surface area contributed by atoms with Crippen LogP contribution in [0.5, 0.6) is 0 Å². The zero-order chi connectivity index (χ0) is 9.07. The first-order valence-electron chi connectivity index (χ1n) is 3.80. The fourth-order valence-electron chi connectivity index (χ4n) is 0.506. The lowest BCUT2D eigenvalue weighted by Crippen LogP contribution is -2.38. The first kappa shape index (κ1) is 10.4. The van der Waals surface area contributed by atoms with Crippen LogP contribution in [0.1, 0.15) is 27.7 Å². The average molecular weight is 159 g/mol. The molecule has 0 aromatic carbocycles. The summed E-state index contributed by atoms with van der Waals surface area (Å²) in [5.41, 5.74) is -0.366. The molecule has 0 aliphatic heterocycles. The fraction of sp³-hybridized carbons (Fsp3) is 0.875. The van der Waals surface area contributed by atoms with Gasteiger partial charge in [0, 0.05) is 12.0 Å². The van der Waals surface area contributed by atoms with Crippen LogP contribution in [0.2, 0.25) is 0 Å². The van der Waals surface area contributed by atoms with Gasteiger partial charge >= 0.3 is 0 Å². The largest absolute Gasteiger partial charge is 0.392 e. The lowest BCUT2D eigenvalue weighted by molar-refractivity contribution is -0.128. The third-order valence-electron chi connectivity index (χ3n) is 1.24. The maximum absolute atomic E-state index is 11.1. The molecular formula is C8H17NO2. The predicted octanol–water partition coefficient (Wildman–Crippen LogP) is 0.529. The number of carbonyl (C=O) groups excluding carboxylic acids is 1. The Kier molecular flexibility index (Phi) is 3.52. The molecule has 1 atom stereocenters. The van der Waals surface area contributed by atoms with Crippen LogP contribution in [-0.4, -0.2) is 23.7 Å². The number of nitrogens with one attached hydrogen (secondary N) is 1. The summed E-state index contributed by atoms with van der Waals surface area (Å²) < 4.78 is 0. The summed E-state index contributed by atoms with van der Waals surface area (Å²) in [6.07, 6.45) is -0.471. The van der Waals surface area contributed by atoms with Crippen molar-refractivity contribution in [3.05, 3.63) is 0 Å². The molecule has 3 nitrogen and oxygen atoms in total. The number of hydrogen-bond acceptors (Lipinski definition) is 2. The van der Waals surface area contributed by atoms with Gasteiger partial charge in [-0.05, 0) is 6.92 Å². The minimum absolute atomic E-state index is 0.0293. The predicted molar refractivity (Wildman–Crippen MR) is 44.1 cm³/mol. The number of amides is 1. The van der Waals surface area contributed by atoms with E-state index in [4.69, 9.17) is 5.11 Å². The molecular weight excluding hydrogens is 142 g/mol. The van der Waals surface area contributed by atoms with Gasteiger partial charge in [0.2, 0.25) is 5.91 Å². The van der Waals surface area contributed by atoms with E-state index in [-0.39, 0.29) is 11.3 Å². The summed E-state index contributed by atoms with van der Waals surface area (Å²) in [5.74, 6) is -0.0293. The maximum Gasteiger partial charge on any atom is 0.225 e. The van der Waals surface area contributed by atoms with Gasteiger partial charge in [0.1, 0.15) is 0 Å². The van der Waals surface area contributed by atoms with Crippen molar-refractivity contribution in [3.63, 3.8) is 0 Å². The van der Waals surface area contributed by atoms with Gasteiger partial charge in [-0.1, -0.05) is 20.8 Å². The topological polar surface area (TPSA) is 49.3 Å². The van der Waals surface area contributed by atoms with Crippen molar-refractivity contribution in [2.45, 2.75) is 33.8 Å². The molecule has 0 spiro atoms. The van der Waals surface area contributed by atoms with Crippen LogP contribution in [0, 0.1) is 5.41 Å². The van der Waals surface area contributed by atoms with Crippen LogP contribution in [-0.2, 0) is 4.79 Å². The molecule has 3 heteroatoms. The van der Waals surface area contributed by atoms with Crippen LogP contribution in [0.25, 0.3) is 0 Å². The van der Waals surface area contributed by atoms with E-state index in [9.17, 15) is 4.79 Å². The zero-order valence-electron chi connectivity index (χ0n) is 7.64. The van der Waals surface area contributed by atoms with E-state index in [1.165, 1.54) is 0 Å². The molecule has 0 heterocycles. The standard InChI is InChI=1S/C8H17NO2/c1-6(10)5-9-7(11)8(2,3)4/h6,10H,5H2,1-4H3,(H,9,11)/t6-/m1/s1. The molecule has 0 aliphatic carbocycles. The molecule has 0 saturated carbocycles. The highest BCUT2D eigenvalue weighted by atomic mass is 16.3. The summed E-state index contributed by atoms with van der Waals surface area (Å²) >= 11 is 0. The van der Waals surface area contributed by atoms with Gasteiger partial charge in [0.05, 0.1) is 6.10 Å². The molecule has 0 saturated heterocycles. The van der Waals surface area contributed by atoms with E-state index >= 15 is 0 Å². The Morgan fingerprint density at radius 3 is 2.27 bits per heavy atom. The molecule has 66 valence electrons. The number of carbonyl (C=O) groups is 1. The molecule has 0 aromatic heterocycles. The van der Waals surface area contributed by atoms with E-state index in [0.717, 1.165) is 0 Å². The number of aliphatic hydroxyl groups excluding tert-OH is 1. The number of aliphatic hydroxyl groups is 1. The molecule has 0 unspecified atom stereocenters. The highest BCUT2D eigenvalue weighted by Gasteiger charge is 2.20. The number of hydrogen-bond donors (Lipinski definition) is 2. The summed E-state index contributed by atoms with van der Waals surface area (Å²) in [5, 5.41) is 11.5. The monoisotopic (exact) mass is 159 g/mol. The summed E-state index contributed by atoms with van der Waals surface area (Å²) in [4.78, 5) is 11.1. The average Bonchev–Trinajstić information content (AvgIpc) is 1.80. The van der Waals surface area contributed by atoms with E-state index < -0.39 is 6.10 Å². The lowest BCUT2D eigenvalue weighted by Gasteiger charge is -2.18. The van der Waals surface area contributed by atoms with Crippen molar-refractivity contribution < 1.29 is 9.90 Å². The quantitative estimate of drug-likeness (QED) is 0.617. The smallest absolute Gasteiger partial charge is 0.225 e. The van der Waals surface area contributed by atoms with Gasteiger partial charge in [-0.15, -0.1) is 0 Å². The van der Waals surface area contributed by atoms with Crippen LogP contribution in [0.15, 0.2) is 0 Å². The summed E-state index contributed by atoms with van der Waals surface area (Å²) in [6, 6.07) is 0. The third-order valence-corrected chi connectivity index (χ3v) is 1.24. The van der Waals surface area contributed by atoms with Crippen molar-refractivity contribution in [2.24, 2.45) is 5.41 Å². The first-order chi connectivity index (χ1) is 4.84. The van der Waals surface area contributed by atoms with Gasteiger partial charge in [-0.25, -0.2) is 0 Å². The van der Waals surface area contributed by atoms with E-state index in [2.05, 4.69) is 5.32 Å². The van der Waals surface area contributed by atoms with E-state index in [1.807, 2.05) is 20.8 Å². The molecule has 0 bridgehead atoms. The molecule has 0 rings (SSSR count). The van der Waals surface area contributed by atoms with Gasteiger partial charge < -0.3 is 10.4 Å². The summed E-state index contributed by atoms with van der Waals surface area (Å²) in [6.45, 7) is 7.48. The van der Waals surface area contributed by atoms with Crippen LogP contribution < -0.4 is 5.32 Å². The Bertz CT molecular complexity index is 136. The van der Waals surface area contributed by atoms with Crippen molar-refractivity contribution in [2.75, 3.05) is 6.54 Å². The minimum Gasteiger partial charge on any atom is -0.392 e. The Balaban J connectivity index is 3.71. The normalized spacial score (nSPS) is 14.3. The Morgan fingerprint density at radius 2 is 2.00 bits per heavy atom. The molecule has 0 aromatic rings. The first-order valence-corrected chi connectivity index (χ1v) is 3.80. The van der Waals surface area contributed by atoms with E-state index in [1.54, 1.807) is 6.92 Å². The number of rotatable bonds is 2. The minimum atomic E-state index is -0.471. The molecule has 0 aliphatic rings. The van der Waals surface area contributed by atoms with Gasteiger partial charge in [-0.2, -0.15) is 0 Å². The Labute approximate surface area is 67.8 Å². The van der Waals surface area contributed by atoms with Crippen molar-refractivity contribution >= 4 is 5.91 Å². The molecule has 0 radical (unpaired) electrons. The maximum atomic E-state index is 11.1. The summed E-state index contributed by atoms with van der Waals surface area (Å²) in [7, 11) is 0. The second-order valence-electron chi connectivity index (χ2n) is 3.81. The molecule has 2 N–H and O–H groups in total.